The Morgan fingerprint density at radius 3 is 2.15 bits per heavy atom. The highest BCUT2D eigenvalue weighted by molar-refractivity contribution is 5.47. The second kappa shape index (κ2) is 9.84. The van der Waals surface area contributed by atoms with Gasteiger partial charge >= 0.3 is 0 Å². The second-order valence-electron chi connectivity index (χ2n) is 5.85. The van der Waals surface area contributed by atoms with Crippen LogP contribution in [0.5, 0.6) is 0 Å². The Morgan fingerprint density at radius 2 is 1.65 bits per heavy atom. The van der Waals surface area contributed by atoms with Gasteiger partial charge < -0.3 is 5.32 Å². The molecule has 20 heavy (non-hydrogen) atoms. The average molecular weight is 279 g/mol. The van der Waals surface area contributed by atoms with Crippen molar-refractivity contribution in [1.82, 2.24) is 9.78 Å². The zero-order chi connectivity index (χ0) is 14.8. The van der Waals surface area contributed by atoms with Crippen molar-refractivity contribution in [2.45, 2.75) is 84.6 Å². The lowest BCUT2D eigenvalue weighted by atomic mass is 10.0. The Labute approximate surface area is 125 Å². The summed E-state index contributed by atoms with van der Waals surface area (Å²) < 4.78 is 1.93. The topological polar surface area (TPSA) is 29.9 Å². The summed E-state index contributed by atoms with van der Waals surface area (Å²) in [6.45, 7) is 6.72. The Bertz CT molecular complexity index is 347. The van der Waals surface area contributed by atoms with Crippen molar-refractivity contribution in [3.8, 4) is 0 Å². The molecule has 3 heteroatoms. The molecule has 0 aliphatic heterocycles. The number of hydrogen-bond acceptors (Lipinski definition) is 2. The molecule has 0 atom stereocenters. The van der Waals surface area contributed by atoms with Gasteiger partial charge in [0.15, 0.2) is 0 Å². The zero-order valence-corrected chi connectivity index (χ0v) is 13.9. The first-order valence-corrected chi connectivity index (χ1v) is 8.50. The summed E-state index contributed by atoms with van der Waals surface area (Å²) in [7, 11) is 2.01. The number of nitrogens with zero attached hydrogens (tertiary/aromatic N) is 2. The number of aromatic nitrogens is 2. The Hall–Kier alpha value is -0.990. The Balaban J connectivity index is 2.56. The van der Waals surface area contributed by atoms with Crippen LogP contribution in [0.25, 0.3) is 0 Å². The van der Waals surface area contributed by atoms with E-state index in [-0.39, 0.29) is 0 Å². The van der Waals surface area contributed by atoms with E-state index in [1.54, 1.807) is 0 Å². The fourth-order valence-electron chi connectivity index (χ4n) is 2.71. The van der Waals surface area contributed by atoms with Gasteiger partial charge in [0.05, 0.1) is 11.4 Å². The maximum absolute atomic E-state index is 4.53. The standard InChI is InChI=1S/C17H33N3/c1-5-8-10-12-15(13-11-9-6-2)18-17-14-20(4)19-16(17)7-3/h14-15,18H,5-13H2,1-4H3. The molecule has 0 fully saturated rings. The summed E-state index contributed by atoms with van der Waals surface area (Å²) in [5, 5.41) is 8.28. The van der Waals surface area contributed by atoms with Crippen LogP contribution in [0.15, 0.2) is 6.20 Å². The van der Waals surface area contributed by atoms with E-state index >= 15 is 0 Å². The molecule has 0 aliphatic carbocycles. The van der Waals surface area contributed by atoms with Gasteiger partial charge in [0.1, 0.15) is 0 Å². The fraction of sp³-hybridized carbons (Fsp3) is 0.824. The summed E-state index contributed by atoms with van der Waals surface area (Å²) in [6, 6.07) is 0.614. The molecule has 1 rings (SSSR count). The van der Waals surface area contributed by atoms with Crippen LogP contribution in [-0.2, 0) is 13.5 Å². The summed E-state index contributed by atoms with van der Waals surface area (Å²) in [5.74, 6) is 0. The third-order valence-corrected chi connectivity index (χ3v) is 3.91. The average Bonchev–Trinajstić information content (AvgIpc) is 2.79. The van der Waals surface area contributed by atoms with Gasteiger partial charge in [-0.1, -0.05) is 59.3 Å². The van der Waals surface area contributed by atoms with Gasteiger partial charge in [-0.05, 0) is 19.3 Å². The molecule has 1 heterocycles. The molecule has 0 radical (unpaired) electrons. The SMILES string of the molecule is CCCCCC(CCCCC)Nc1cn(C)nc1CC. The lowest BCUT2D eigenvalue weighted by Crippen LogP contribution is -2.20. The maximum atomic E-state index is 4.53. The molecule has 3 nitrogen and oxygen atoms in total. The van der Waals surface area contributed by atoms with Crippen molar-refractivity contribution >= 4 is 5.69 Å². The molecule has 0 unspecified atom stereocenters. The van der Waals surface area contributed by atoms with Crippen LogP contribution in [0, 0.1) is 0 Å². The molecule has 1 aromatic heterocycles. The molecule has 0 aliphatic rings. The Morgan fingerprint density at radius 1 is 1.05 bits per heavy atom. The number of nitrogens with one attached hydrogen (secondary N) is 1. The summed E-state index contributed by atoms with van der Waals surface area (Å²) in [6.07, 6.45) is 13.7. The predicted molar refractivity (Wildman–Crippen MR) is 88.3 cm³/mol. The second-order valence-corrected chi connectivity index (χ2v) is 5.85. The molecule has 0 amide bonds. The van der Waals surface area contributed by atoms with E-state index in [9.17, 15) is 0 Å². The fourth-order valence-corrected chi connectivity index (χ4v) is 2.71. The number of hydrogen-bond donors (Lipinski definition) is 1. The highest BCUT2D eigenvalue weighted by Crippen LogP contribution is 2.20. The summed E-state index contributed by atoms with van der Waals surface area (Å²) in [5.41, 5.74) is 2.44. The Kier molecular flexibility index (Phi) is 8.40. The van der Waals surface area contributed by atoms with Gasteiger partial charge in [0, 0.05) is 19.3 Å². The first-order chi connectivity index (χ1) is 9.71. The minimum Gasteiger partial charge on any atom is -0.380 e. The van der Waals surface area contributed by atoms with Gasteiger partial charge in [-0.15, -0.1) is 0 Å². The molecule has 116 valence electrons. The van der Waals surface area contributed by atoms with Crippen LogP contribution in [0.3, 0.4) is 0 Å². The van der Waals surface area contributed by atoms with Crippen molar-refractivity contribution in [2.75, 3.05) is 5.32 Å². The third kappa shape index (κ3) is 5.98. The van der Waals surface area contributed by atoms with Crippen molar-refractivity contribution in [2.24, 2.45) is 7.05 Å². The van der Waals surface area contributed by atoms with Gasteiger partial charge in [-0.25, -0.2) is 0 Å². The van der Waals surface area contributed by atoms with Crippen LogP contribution in [0.1, 0.15) is 77.8 Å². The first kappa shape index (κ1) is 17.1. The van der Waals surface area contributed by atoms with Gasteiger partial charge in [0.25, 0.3) is 0 Å². The van der Waals surface area contributed by atoms with Crippen LogP contribution in [-0.4, -0.2) is 15.8 Å². The van der Waals surface area contributed by atoms with Crippen molar-refractivity contribution in [1.29, 1.82) is 0 Å². The molecule has 0 saturated heterocycles. The van der Waals surface area contributed by atoms with Crippen LogP contribution in [0.2, 0.25) is 0 Å². The van der Waals surface area contributed by atoms with E-state index in [4.69, 9.17) is 0 Å². The molecule has 0 spiro atoms. The third-order valence-electron chi connectivity index (χ3n) is 3.91. The maximum Gasteiger partial charge on any atom is 0.0853 e. The summed E-state index contributed by atoms with van der Waals surface area (Å²) in [4.78, 5) is 0. The van der Waals surface area contributed by atoms with Gasteiger partial charge in [0.2, 0.25) is 0 Å². The van der Waals surface area contributed by atoms with Crippen molar-refractivity contribution in [3.05, 3.63) is 11.9 Å². The lowest BCUT2D eigenvalue weighted by molar-refractivity contribution is 0.526. The largest absolute Gasteiger partial charge is 0.380 e. The highest BCUT2D eigenvalue weighted by atomic mass is 15.3. The number of aryl methyl sites for hydroxylation is 2. The zero-order valence-electron chi connectivity index (χ0n) is 13.9. The van der Waals surface area contributed by atoms with E-state index in [2.05, 4.69) is 37.4 Å². The van der Waals surface area contributed by atoms with E-state index in [0.29, 0.717) is 6.04 Å². The minimum absolute atomic E-state index is 0.614. The van der Waals surface area contributed by atoms with Crippen molar-refractivity contribution < 1.29 is 0 Å². The van der Waals surface area contributed by atoms with E-state index < -0.39 is 0 Å². The molecule has 0 aromatic carbocycles. The van der Waals surface area contributed by atoms with E-state index in [1.807, 2.05) is 11.7 Å². The van der Waals surface area contributed by atoms with E-state index in [1.165, 1.54) is 62.7 Å². The van der Waals surface area contributed by atoms with Gasteiger partial charge in [-0.2, -0.15) is 5.10 Å². The minimum atomic E-state index is 0.614. The lowest BCUT2D eigenvalue weighted by Gasteiger charge is -2.19. The number of unbranched alkanes of at least 4 members (excludes halogenated alkanes) is 4. The van der Waals surface area contributed by atoms with Crippen molar-refractivity contribution in [3.63, 3.8) is 0 Å². The molecular formula is C17H33N3. The van der Waals surface area contributed by atoms with Crippen LogP contribution < -0.4 is 5.32 Å². The quantitative estimate of drug-likeness (QED) is 0.582. The van der Waals surface area contributed by atoms with Crippen LogP contribution >= 0.6 is 0 Å². The highest BCUT2D eigenvalue weighted by Gasteiger charge is 2.12. The monoisotopic (exact) mass is 279 g/mol. The number of rotatable bonds is 11. The summed E-state index contributed by atoms with van der Waals surface area (Å²) >= 11 is 0. The van der Waals surface area contributed by atoms with Crippen LogP contribution in [0.4, 0.5) is 5.69 Å². The smallest absolute Gasteiger partial charge is 0.0853 e. The molecule has 0 bridgehead atoms. The van der Waals surface area contributed by atoms with E-state index in [0.717, 1.165) is 6.42 Å². The van der Waals surface area contributed by atoms with Gasteiger partial charge in [-0.3, -0.25) is 4.68 Å². The normalized spacial score (nSPS) is 11.2. The number of anilines is 1. The first-order valence-electron chi connectivity index (χ1n) is 8.50. The molecule has 0 saturated carbocycles. The molecular weight excluding hydrogens is 246 g/mol. The predicted octanol–water partition coefficient (Wildman–Crippen LogP) is 4.92. The molecule has 1 N–H and O–H groups in total. The molecule has 1 aromatic rings.